The van der Waals surface area contributed by atoms with Crippen LogP contribution in [0.3, 0.4) is 0 Å². The molecular formula is C7H10O3S2. The average Bonchev–Trinajstić information content (AvgIpc) is 2.17. The van der Waals surface area contributed by atoms with Gasteiger partial charge in [0.15, 0.2) is 5.76 Å². The second kappa shape index (κ2) is 4.67. The first-order valence-electron chi connectivity index (χ1n) is 3.52. The molecule has 12 heavy (non-hydrogen) atoms. The summed E-state index contributed by atoms with van der Waals surface area (Å²) in [5, 5.41) is 17.1. The molecule has 1 saturated heterocycles. The Morgan fingerprint density at radius 2 is 2.25 bits per heavy atom. The Morgan fingerprint density at radius 1 is 1.50 bits per heavy atom. The van der Waals surface area contributed by atoms with E-state index in [9.17, 15) is 4.79 Å². The molecule has 0 aromatic carbocycles. The van der Waals surface area contributed by atoms with Gasteiger partial charge in [0, 0.05) is 17.3 Å². The van der Waals surface area contributed by atoms with Gasteiger partial charge in [-0.15, -0.1) is 11.8 Å². The summed E-state index contributed by atoms with van der Waals surface area (Å²) >= 11 is 3.23. The zero-order chi connectivity index (χ0) is 8.97. The van der Waals surface area contributed by atoms with Gasteiger partial charge in [-0.3, -0.25) is 4.79 Å². The van der Waals surface area contributed by atoms with Crippen LogP contribution in [0.15, 0.2) is 12.0 Å². The number of hydrogen-bond donors (Lipinski definition) is 2. The molecular weight excluding hydrogens is 196 g/mol. The van der Waals surface area contributed by atoms with Crippen LogP contribution in [-0.4, -0.2) is 38.5 Å². The third kappa shape index (κ3) is 2.35. The van der Waals surface area contributed by atoms with E-state index in [1.165, 1.54) is 11.8 Å². The number of hydrogen-bond acceptors (Lipinski definition) is 5. The van der Waals surface area contributed by atoms with E-state index < -0.39 is 5.76 Å². The molecule has 1 unspecified atom stereocenters. The fourth-order valence-electron chi connectivity index (χ4n) is 0.868. The quantitative estimate of drug-likeness (QED) is 0.528. The molecule has 0 aliphatic carbocycles. The predicted octanol–water partition coefficient (Wildman–Crippen LogP) is 1.36. The average molecular weight is 206 g/mol. The predicted molar refractivity (Wildman–Crippen MR) is 51.9 cm³/mol. The van der Waals surface area contributed by atoms with E-state index in [-0.39, 0.29) is 11.0 Å². The van der Waals surface area contributed by atoms with Gasteiger partial charge in [-0.25, -0.2) is 0 Å². The van der Waals surface area contributed by atoms with Crippen LogP contribution in [0.4, 0.5) is 0 Å². The second-order valence-corrected chi connectivity index (χ2v) is 4.77. The van der Waals surface area contributed by atoms with E-state index in [1.54, 1.807) is 11.8 Å². The van der Waals surface area contributed by atoms with Gasteiger partial charge in [0.25, 0.3) is 0 Å². The van der Waals surface area contributed by atoms with E-state index in [0.29, 0.717) is 6.26 Å². The van der Waals surface area contributed by atoms with E-state index in [4.69, 9.17) is 10.2 Å². The minimum Gasteiger partial charge on any atom is -0.512 e. The summed E-state index contributed by atoms with van der Waals surface area (Å²) in [5.74, 6) is 1.81. The highest BCUT2D eigenvalue weighted by Crippen LogP contribution is 2.25. The Bertz CT molecular complexity index is 197. The lowest BCUT2D eigenvalue weighted by Crippen LogP contribution is -2.25. The largest absolute Gasteiger partial charge is 0.512 e. The van der Waals surface area contributed by atoms with Crippen molar-refractivity contribution in [3.8, 4) is 0 Å². The fourth-order valence-corrected chi connectivity index (χ4v) is 3.49. The molecule has 0 saturated carbocycles. The van der Waals surface area contributed by atoms with Gasteiger partial charge in [0.05, 0.1) is 5.25 Å². The van der Waals surface area contributed by atoms with Crippen LogP contribution >= 0.6 is 23.5 Å². The number of carbonyl (C=O) groups is 1. The third-order valence-electron chi connectivity index (χ3n) is 1.48. The summed E-state index contributed by atoms with van der Waals surface area (Å²) < 4.78 is 0. The smallest absolute Gasteiger partial charge is 0.214 e. The summed E-state index contributed by atoms with van der Waals surface area (Å²) in [6.45, 7) is 0. The molecule has 0 aromatic heterocycles. The van der Waals surface area contributed by atoms with Gasteiger partial charge in [-0.2, -0.15) is 11.8 Å². The van der Waals surface area contributed by atoms with Gasteiger partial charge in [-0.05, 0) is 0 Å². The molecule has 2 N–H and O–H groups in total. The molecule has 5 heteroatoms. The molecule has 1 atom stereocenters. The van der Waals surface area contributed by atoms with Crippen LogP contribution < -0.4 is 0 Å². The molecule has 1 fully saturated rings. The van der Waals surface area contributed by atoms with Crippen molar-refractivity contribution in [2.24, 2.45) is 0 Å². The maximum Gasteiger partial charge on any atom is 0.214 e. The number of thioether (sulfide) groups is 2. The molecule has 1 rings (SSSR count). The number of carbonyl (C=O) groups excluding carboxylic acids is 1. The molecule has 1 aliphatic heterocycles. The van der Waals surface area contributed by atoms with Gasteiger partial charge < -0.3 is 10.2 Å². The molecule has 1 aliphatic rings. The standard InChI is InChI=1S/C7H10O3S2/c8-3-5(9)7(10)6-4-11-1-2-12-6/h3,6,8-9H,1-2,4H2. The topological polar surface area (TPSA) is 57.5 Å². The highest BCUT2D eigenvalue weighted by molar-refractivity contribution is 8.07. The van der Waals surface area contributed by atoms with Crippen LogP contribution in [-0.2, 0) is 4.79 Å². The molecule has 1 heterocycles. The van der Waals surface area contributed by atoms with Crippen LogP contribution in [0.2, 0.25) is 0 Å². The summed E-state index contributed by atoms with van der Waals surface area (Å²) in [5.41, 5.74) is 0. The minimum absolute atomic E-state index is 0.188. The maximum atomic E-state index is 11.2. The van der Waals surface area contributed by atoms with Crippen LogP contribution in [0, 0.1) is 0 Å². The van der Waals surface area contributed by atoms with Crippen molar-refractivity contribution in [2.75, 3.05) is 17.3 Å². The van der Waals surface area contributed by atoms with Crippen molar-refractivity contribution in [3.05, 3.63) is 12.0 Å². The zero-order valence-electron chi connectivity index (χ0n) is 6.40. The Hall–Kier alpha value is -0.290. The highest BCUT2D eigenvalue weighted by Gasteiger charge is 2.24. The number of ketones is 1. The molecule has 0 spiro atoms. The van der Waals surface area contributed by atoms with Crippen molar-refractivity contribution in [1.82, 2.24) is 0 Å². The maximum absolute atomic E-state index is 11.2. The lowest BCUT2D eigenvalue weighted by molar-refractivity contribution is -0.117. The number of aliphatic hydroxyl groups excluding tert-OH is 2. The third-order valence-corrected chi connectivity index (χ3v) is 4.24. The molecule has 0 radical (unpaired) electrons. The number of aliphatic hydroxyl groups is 2. The van der Waals surface area contributed by atoms with Crippen molar-refractivity contribution >= 4 is 29.3 Å². The van der Waals surface area contributed by atoms with Crippen LogP contribution in [0.25, 0.3) is 0 Å². The van der Waals surface area contributed by atoms with E-state index in [0.717, 1.165) is 17.3 Å². The second-order valence-electron chi connectivity index (χ2n) is 2.31. The summed E-state index contributed by atoms with van der Waals surface area (Å²) in [6, 6.07) is 0. The van der Waals surface area contributed by atoms with Crippen LogP contribution in [0.5, 0.6) is 0 Å². The molecule has 68 valence electrons. The SMILES string of the molecule is O=C(C(O)=CO)C1CSCCS1. The first kappa shape index (κ1) is 9.80. The van der Waals surface area contributed by atoms with E-state index in [1.807, 2.05) is 0 Å². The summed E-state index contributed by atoms with van der Waals surface area (Å²) in [4.78, 5) is 11.2. The lowest BCUT2D eigenvalue weighted by atomic mass is 10.3. The highest BCUT2D eigenvalue weighted by atomic mass is 32.2. The van der Waals surface area contributed by atoms with Gasteiger partial charge in [0.1, 0.15) is 6.26 Å². The Morgan fingerprint density at radius 3 is 2.75 bits per heavy atom. The molecule has 0 bridgehead atoms. The summed E-state index contributed by atoms with van der Waals surface area (Å²) in [6.07, 6.45) is 0.460. The van der Waals surface area contributed by atoms with Crippen LogP contribution in [0.1, 0.15) is 0 Å². The minimum atomic E-state index is -0.532. The van der Waals surface area contributed by atoms with Crippen molar-refractivity contribution < 1.29 is 15.0 Å². The van der Waals surface area contributed by atoms with Crippen molar-refractivity contribution in [1.29, 1.82) is 0 Å². The summed E-state index contributed by atoms with van der Waals surface area (Å²) in [7, 11) is 0. The Balaban J connectivity index is 2.51. The lowest BCUT2D eigenvalue weighted by Gasteiger charge is -2.18. The normalized spacial score (nSPS) is 25.3. The zero-order valence-corrected chi connectivity index (χ0v) is 8.03. The van der Waals surface area contributed by atoms with Gasteiger partial charge in [0.2, 0.25) is 5.78 Å². The molecule has 0 aromatic rings. The number of Topliss-reactive ketones (excluding diaryl/α,β-unsaturated/α-hetero) is 1. The Kier molecular flexibility index (Phi) is 3.81. The van der Waals surface area contributed by atoms with Gasteiger partial charge in [-0.1, -0.05) is 0 Å². The molecule has 3 nitrogen and oxygen atoms in total. The van der Waals surface area contributed by atoms with E-state index in [2.05, 4.69) is 0 Å². The van der Waals surface area contributed by atoms with E-state index >= 15 is 0 Å². The number of rotatable bonds is 2. The molecule has 0 amide bonds. The van der Waals surface area contributed by atoms with Crippen molar-refractivity contribution in [2.45, 2.75) is 5.25 Å². The van der Waals surface area contributed by atoms with Crippen molar-refractivity contribution in [3.63, 3.8) is 0 Å². The fraction of sp³-hybridized carbons (Fsp3) is 0.571. The first-order chi connectivity index (χ1) is 5.75. The first-order valence-corrected chi connectivity index (χ1v) is 5.73. The van der Waals surface area contributed by atoms with Gasteiger partial charge >= 0.3 is 0 Å². The number of allylic oxidation sites excluding steroid dienone is 1. The monoisotopic (exact) mass is 206 g/mol. The Labute approximate surface area is 79.2 Å².